The lowest BCUT2D eigenvalue weighted by Crippen LogP contribution is -2.42. The monoisotopic (exact) mass is 270 g/mol. The number of carbonyl (C=O) groups excluding carboxylic acids is 1. The highest BCUT2D eigenvalue weighted by molar-refractivity contribution is 6.07. The third kappa shape index (κ3) is 1.90. The van der Waals surface area contributed by atoms with Gasteiger partial charge in [0.1, 0.15) is 12.1 Å². The second-order valence-corrected chi connectivity index (χ2v) is 5.83. The van der Waals surface area contributed by atoms with E-state index < -0.39 is 0 Å². The Balaban J connectivity index is 2.11. The van der Waals surface area contributed by atoms with Crippen molar-refractivity contribution < 1.29 is 4.79 Å². The van der Waals surface area contributed by atoms with E-state index in [0.29, 0.717) is 16.9 Å². The van der Waals surface area contributed by atoms with Crippen LogP contribution in [-0.4, -0.2) is 32.9 Å². The summed E-state index contributed by atoms with van der Waals surface area (Å²) in [6, 6.07) is 5.49. The summed E-state index contributed by atoms with van der Waals surface area (Å²) in [6.07, 6.45) is 3.48. The van der Waals surface area contributed by atoms with Crippen LogP contribution in [0.2, 0.25) is 0 Å². The minimum absolute atomic E-state index is 0.0243. The van der Waals surface area contributed by atoms with Crippen LogP contribution in [0.15, 0.2) is 24.5 Å². The number of nitrogen functional groups attached to an aromatic ring is 1. The van der Waals surface area contributed by atoms with Crippen molar-refractivity contribution in [2.75, 3.05) is 12.3 Å². The molecule has 1 aliphatic heterocycles. The topological polar surface area (TPSA) is 72.1 Å². The molecule has 0 atom stereocenters. The highest BCUT2D eigenvalue weighted by Gasteiger charge is 2.36. The van der Waals surface area contributed by atoms with E-state index in [0.717, 1.165) is 24.8 Å². The van der Waals surface area contributed by atoms with Crippen molar-refractivity contribution in [1.82, 2.24) is 14.9 Å². The molecule has 0 aliphatic carbocycles. The van der Waals surface area contributed by atoms with Gasteiger partial charge in [0, 0.05) is 17.5 Å². The summed E-state index contributed by atoms with van der Waals surface area (Å²) in [7, 11) is 0. The van der Waals surface area contributed by atoms with E-state index in [1.54, 1.807) is 0 Å². The van der Waals surface area contributed by atoms with Gasteiger partial charge in [0.2, 0.25) is 0 Å². The SMILES string of the molecule is CC1(C)CCCN1C(=O)c1cccc2c(N)ncnc12. The molecule has 1 aliphatic rings. The van der Waals surface area contributed by atoms with Gasteiger partial charge in [0.05, 0.1) is 11.1 Å². The molecule has 0 spiro atoms. The van der Waals surface area contributed by atoms with Crippen LogP contribution in [0.3, 0.4) is 0 Å². The minimum Gasteiger partial charge on any atom is -0.383 e. The molecule has 5 nitrogen and oxygen atoms in total. The zero-order valence-electron chi connectivity index (χ0n) is 11.8. The second kappa shape index (κ2) is 4.44. The zero-order valence-corrected chi connectivity index (χ0v) is 11.8. The van der Waals surface area contributed by atoms with Crippen LogP contribution >= 0.6 is 0 Å². The summed E-state index contributed by atoms with van der Waals surface area (Å²) >= 11 is 0. The van der Waals surface area contributed by atoms with Gasteiger partial charge in [-0.2, -0.15) is 0 Å². The predicted octanol–water partition coefficient (Wildman–Crippen LogP) is 2.23. The van der Waals surface area contributed by atoms with Crippen molar-refractivity contribution in [3.05, 3.63) is 30.1 Å². The Labute approximate surface area is 117 Å². The molecule has 3 rings (SSSR count). The van der Waals surface area contributed by atoms with Crippen molar-refractivity contribution in [1.29, 1.82) is 0 Å². The lowest BCUT2D eigenvalue weighted by molar-refractivity contribution is 0.0654. The maximum absolute atomic E-state index is 12.8. The summed E-state index contributed by atoms with van der Waals surface area (Å²) in [5.41, 5.74) is 6.99. The van der Waals surface area contributed by atoms with E-state index in [1.165, 1.54) is 6.33 Å². The van der Waals surface area contributed by atoms with E-state index in [4.69, 9.17) is 5.73 Å². The minimum atomic E-state index is -0.0994. The summed E-state index contributed by atoms with van der Waals surface area (Å²) in [5.74, 6) is 0.432. The molecule has 2 aromatic rings. The fourth-order valence-electron chi connectivity index (χ4n) is 2.91. The van der Waals surface area contributed by atoms with Crippen molar-refractivity contribution in [3.63, 3.8) is 0 Å². The van der Waals surface area contributed by atoms with E-state index in [1.807, 2.05) is 23.1 Å². The summed E-state index contributed by atoms with van der Waals surface area (Å²) < 4.78 is 0. The van der Waals surface area contributed by atoms with Crippen molar-refractivity contribution in [2.24, 2.45) is 0 Å². The van der Waals surface area contributed by atoms with Gasteiger partial charge in [-0.15, -0.1) is 0 Å². The molecule has 104 valence electrons. The fraction of sp³-hybridized carbons (Fsp3) is 0.400. The van der Waals surface area contributed by atoms with Crippen molar-refractivity contribution in [2.45, 2.75) is 32.2 Å². The van der Waals surface area contributed by atoms with Crippen molar-refractivity contribution in [3.8, 4) is 0 Å². The molecule has 5 heteroatoms. The Morgan fingerprint density at radius 2 is 2.15 bits per heavy atom. The first-order valence-electron chi connectivity index (χ1n) is 6.82. The van der Waals surface area contributed by atoms with E-state index in [9.17, 15) is 4.79 Å². The number of nitrogens with zero attached hydrogens (tertiary/aromatic N) is 3. The van der Waals surface area contributed by atoms with Crippen LogP contribution in [0.1, 0.15) is 37.0 Å². The Bertz CT molecular complexity index is 681. The van der Waals surface area contributed by atoms with E-state index >= 15 is 0 Å². The van der Waals surface area contributed by atoms with Crippen molar-refractivity contribution >= 4 is 22.6 Å². The number of aromatic nitrogens is 2. The molecule has 2 heterocycles. The molecule has 0 unspecified atom stereocenters. The second-order valence-electron chi connectivity index (χ2n) is 5.83. The molecule has 1 fully saturated rings. The van der Waals surface area contributed by atoms with Gasteiger partial charge in [-0.1, -0.05) is 6.07 Å². The average molecular weight is 270 g/mol. The molecule has 1 aromatic carbocycles. The Morgan fingerprint density at radius 1 is 1.35 bits per heavy atom. The number of carbonyl (C=O) groups is 1. The first-order chi connectivity index (χ1) is 9.50. The van der Waals surface area contributed by atoms with Crippen LogP contribution in [0.4, 0.5) is 5.82 Å². The smallest absolute Gasteiger partial charge is 0.256 e. The highest BCUT2D eigenvalue weighted by Crippen LogP contribution is 2.31. The molecule has 2 N–H and O–H groups in total. The molecular formula is C15H18N4O. The number of fused-ring (bicyclic) bond motifs is 1. The summed E-state index contributed by atoms with van der Waals surface area (Å²) in [5, 5.41) is 0.732. The number of anilines is 1. The average Bonchev–Trinajstić information content (AvgIpc) is 2.77. The first kappa shape index (κ1) is 12.8. The lowest BCUT2D eigenvalue weighted by Gasteiger charge is -2.31. The molecular weight excluding hydrogens is 252 g/mol. The number of para-hydroxylation sites is 1. The first-order valence-corrected chi connectivity index (χ1v) is 6.82. The number of hydrogen-bond donors (Lipinski definition) is 1. The number of hydrogen-bond acceptors (Lipinski definition) is 4. The quantitative estimate of drug-likeness (QED) is 0.862. The Morgan fingerprint density at radius 3 is 2.85 bits per heavy atom. The van der Waals surface area contributed by atoms with Gasteiger partial charge in [0.15, 0.2) is 0 Å². The van der Waals surface area contributed by atoms with E-state index in [-0.39, 0.29) is 11.4 Å². The maximum atomic E-state index is 12.8. The van der Waals surface area contributed by atoms with Gasteiger partial charge in [-0.3, -0.25) is 4.79 Å². The standard InChI is InChI=1S/C15H18N4O/c1-15(2)7-4-8-19(15)14(20)11-6-3-5-10-12(11)17-9-18-13(10)16/h3,5-6,9H,4,7-8H2,1-2H3,(H2,16,17,18). The molecule has 0 bridgehead atoms. The lowest BCUT2D eigenvalue weighted by atomic mass is 10.0. The summed E-state index contributed by atoms with van der Waals surface area (Å²) in [6.45, 7) is 5.00. The molecule has 0 radical (unpaired) electrons. The van der Waals surface area contributed by atoms with Gasteiger partial charge in [-0.05, 0) is 38.8 Å². The third-order valence-corrected chi connectivity index (χ3v) is 4.07. The number of rotatable bonds is 1. The fourth-order valence-corrected chi connectivity index (χ4v) is 2.91. The van der Waals surface area contributed by atoms with Gasteiger partial charge in [0.25, 0.3) is 5.91 Å². The predicted molar refractivity (Wildman–Crippen MR) is 78.3 cm³/mol. The highest BCUT2D eigenvalue weighted by atomic mass is 16.2. The van der Waals surface area contributed by atoms with E-state index in [2.05, 4.69) is 23.8 Å². The van der Waals surface area contributed by atoms with Gasteiger partial charge in [-0.25, -0.2) is 9.97 Å². The molecule has 20 heavy (non-hydrogen) atoms. The molecule has 1 saturated heterocycles. The summed E-state index contributed by atoms with van der Waals surface area (Å²) in [4.78, 5) is 23.0. The maximum Gasteiger partial charge on any atom is 0.256 e. The van der Waals surface area contributed by atoms with Crippen LogP contribution < -0.4 is 5.73 Å². The molecule has 0 saturated carbocycles. The van der Waals surface area contributed by atoms with Crippen LogP contribution in [0.5, 0.6) is 0 Å². The number of amides is 1. The zero-order chi connectivity index (χ0) is 14.3. The molecule has 1 amide bonds. The van der Waals surface area contributed by atoms with Crippen LogP contribution in [0.25, 0.3) is 10.9 Å². The number of likely N-dealkylation sites (tertiary alicyclic amines) is 1. The van der Waals surface area contributed by atoms with Crippen LogP contribution in [-0.2, 0) is 0 Å². The Hall–Kier alpha value is -2.17. The Kier molecular flexibility index (Phi) is 2.85. The normalized spacial score (nSPS) is 17.6. The van der Waals surface area contributed by atoms with Gasteiger partial charge < -0.3 is 10.6 Å². The molecule has 1 aromatic heterocycles. The number of benzene rings is 1. The van der Waals surface area contributed by atoms with Crippen LogP contribution in [0, 0.1) is 0 Å². The third-order valence-electron chi connectivity index (χ3n) is 4.07. The largest absolute Gasteiger partial charge is 0.383 e. The van der Waals surface area contributed by atoms with Gasteiger partial charge >= 0.3 is 0 Å². The number of nitrogens with two attached hydrogens (primary N) is 1.